The van der Waals surface area contributed by atoms with Crippen molar-refractivity contribution in [3.05, 3.63) is 35.9 Å². The van der Waals surface area contributed by atoms with Crippen LogP contribution in [-0.4, -0.2) is 28.9 Å². The average molecular weight is 258 g/mol. The van der Waals surface area contributed by atoms with Gasteiger partial charge in [0.05, 0.1) is 5.92 Å². The van der Waals surface area contributed by atoms with Crippen molar-refractivity contribution in [2.24, 2.45) is 5.73 Å². The number of hydrogen-bond donors (Lipinski definition) is 1. The van der Waals surface area contributed by atoms with Crippen molar-refractivity contribution in [2.75, 3.05) is 0 Å². The minimum absolute atomic E-state index is 0.0429. The van der Waals surface area contributed by atoms with Gasteiger partial charge in [0.25, 0.3) is 0 Å². The van der Waals surface area contributed by atoms with Gasteiger partial charge in [0, 0.05) is 18.1 Å². The van der Waals surface area contributed by atoms with Crippen molar-refractivity contribution in [2.45, 2.75) is 56.7 Å². The molecule has 3 heteroatoms. The lowest BCUT2D eigenvalue weighted by molar-refractivity contribution is -0.137. The molecule has 3 unspecified atom stereocenters. The van der Waals surface area contributed by atoms with Crippen LogP contribution in [0.1, 0.15) is 44.1 Å². The van der Waals surface area contributed by atoms with Crippen molar-refractivity contribution < 1.29 is 4.79 Å². The zero-order chi connectivity index (χ0) is 13.4. The Labute approximate surface area is 114 Å². The third-order valence-corrected chi connectivity index (χ3v) is 4.69. The Kier molecular flexibility index (Phi) is 3.31. The van der Waals surface area contributed by atoms with Gasteiger partial charge in [0.15, 0.2) is 0 Å². The number of nitrogens with two attached hydrogens (primary N) is 1. The monoisotopic (exact) mass is 258 g/mol. The van der Waals surface area contributed by atoms with Crippen LogP contribution >= 0.6 is 0 Å². The standard InChI is InChI=1S/C16H22N2O/c1-11(12-5-3-2-4-6-12)16(19)18-14-7-8-15(18)10-13(17)9-14/h2-6,11,13-15H,7-10,17H2,1H3. The van der Waals surface area contributed by atoms with E-state index in [0.717, 1.165) is 31.2 Å². The molecule has 3 nitrogen and oxygen atoms in total. The van der Waals surface area contributed by atoms with Crippen LogP contribution < -0.4 is 5.73 Å². The predicted molar refractivity (Wildman–Crippen MR) is 75.7 cm³/mol. The topological polar surface area (TPSA) is 46.3 Å². The van der Waals surface area contributed by atoms with Crippen molar-refractivity contribution in [3.8, 4) is 0 Å². The fourth-order valence-corrected chi connectivity index (χ4v) is 3.69. The molecule has 2 saturated heterocycles. The lowest BCUT2D eigenvalue weighted by Crippen LogP contribution is -2.51. The molecular formula is C16H22N2O. The number of nitrogens with zero attached hydrogens (tertiary/aromatic N) is 1. The maximum atomic E-state index is 12.8. The first-order valence-corrected chi connectivity index (χ1v) is 7.29. The second-order valence-corrected chi connectivity index (χ2v) is 5.99. The van der Waals surface area contributed by atoms with Gasteiger partial charge in [-0.1, -0.05) is 30.3 Å². The highest BCUT2D eigenvalue weighted by Crippen LogP contribution is 2.37. The molecule has 1 aromatic rings. The molecule has 2 aliphatic rings. The van der Waals surface area contributed by atoms with Gasteiger partial charge in [-0.15, -0.1) is 0 Å². The summed E-state index contributed by atoms with van der Waals surface area (Å²) in [7, 11) is 0. The summed E-state index contributed by atoms with van der Waals surface area (Å²) in [5.41, 5.74) is 7.18. The molecule has 2 aliphatic heterocycles. The van der Waals surface area contributed by atoms with Crippen LogP contribution in [0.15, 0.2) is 30.3 Å². The molecular weight excluding hydrogens is 236 g/mol. The number of hydrogen-bond acceptors (Lipinski definition) is 2. The van der Waals surface area contributed by atoms with Gasteiger partial charge >= 0.3 is 0 Å². The average Bonchev–Trinajstić information content (AvgIpc) is 2.70. The smallest absolute Gasteiger partial charge is 0.230 e. The summed E-state index contributed by atoms with van der Waals surface area (Å²) in [6.45, 7) is 2.02. The van der Waals surface area contributed by atoms with Gasteiger partial charge < -0.3 is 10.6 Å². The summed E-state index contributed by atoms with van der Waals surface area (Å²) in [6, 6.07) is 11.1. The van der Waals surface area contributed by atoms with Gasteiger partial charge in [-0.2, -0.15) is 0 Å². The van der Waals surface area contributed by atoms with Gasteiger partial charge in [-0.3, -0.25) is 4.79 Å². The van der Waals surface area contributed by atoms with E-state index >= 15 is 0 Å². The first-order valence-electron chi connectivity index (χ1n) is 7.29. The summed E-state index contributed by atoms with van der Waals surface area (Å²) in [5.74, 6) is 0.240. The minimum Gasteiger partial charge on any atom is -0.336 e. The quantitative estimate of drug-likeness (QED) is 0.884. The van der Waals surface area contributed by atoms with Gasteiger partial charge in [0.2, 0.25) is 5.91 Å². The van der Waals surface area contributed by atoms with Crippen LogP contribution in [0.2, 0.25) is 0 Å². The molecule has 2 heterocycles. The molecule has 1 amide bonds. The summed E-state index contributed by atoms with van der Waals surface area (Å²) in [5, 5.41) is 0. The minimum atomic E-state index is -0.0429. The molecule has 2 N–H and O–H groups in total. The highest BCUT2D eigenvalue weighted by Gasteiger charge is 2.43. The maximum Gasteiger partial charge on any atom is 0.230 e. The summed E-state index contributed by atoms with van der Waals surface area (Å²) in [6.07, 6.45) is 4.21. The van der Waals surface area contributed by atoms with E-state index in [-0.39, 0.29) is 17.9 Å². The Balaban J connectivity index is 1.78. The van der Waals surface area contributed by atoms with Crippen molar-refractivity contribution in [1.29, 1.82) is 0 Å². The number of rotatable bonds is 2. The van der Waals surface area contributed by atoms with Crippen LogP contribution in [0.4, 0.5) is 0 Å². The van der Waals surface area contributed by atoms with Crippen LogP contribution in [-0.2, 0) is 4.79 Å². The van der Waals surface area contributed by atoms with E-state index in [4.69, 9.17) is 5.73 Å². The highest BCUT2D eigenvalue weighted by molar-refractivity contribution is 5.84. The summed E-state index contributed by atoms with van der Waals surface area (Å²) >= 11 is 0. The third kappa shape index (κ3) is 2.27. The van der Waals surface area contributed by atoms with E-state index < -0.39 is 0 Å². The second-order valence-electron chi connectivity index (χ2n) is 5.99. The van der Waals surface area contributed by atoms with Gasteiger partial charge in [0.1, 0.15) is 0 Å². The van der Waals surface area contributed by atoms with Crippen LogP contribution in [0.3, 0.4) is 0 Å². The molecule has 102 valence electrons. The van der Waals surface area contributed by atoms with Gasteiger partial charge in [-0.05, 0) is 38.2 Å². The SMILES string of the molecule is CC(C(=O)N1C2CCC1CC(N)C2)c1ccccc1. The van der Waals surface area contributed by atoms with Crippen LogP contribution in [0, 0.1) is 0 Å². The fraction of sp³-hybridized carbons (Fsp3) is 0.562. The lowest BCUT2D eigenvalue weighted by atomic mass is 9.94. The molecule has 0 aromatic heterocycles. The largest absolute Gasteiger partial charge is 0.336 e. The Bertz CT molecular complexity index is 445. The van der Waals surface area contributed by atoms with Gasteiger partial charge in [-0.25, -0.2) is 0 Å². The normalized spacial score (nSPS) is 31.3. The first-order chi connectivity index (χ1) is 9.16. The maximum absolute atomic E-state index is 12.8. The Hall–Kier alpha value is -1.35. The zero-order valence-corrected chi connectivity index (χ0v) is 11.5. The molecule has 19 heavy (non-hydrogen) atoms. The Morgan fingerprint density at radius 1 is 1.21 bits per heavy atom. The number of carbonyl (C=O) groups excluding carboxylic acids is 1. The summed E-state index contributed by atoms with van der Waals surface area (Å²) < 4.78 is 0. The molecule has 1 aromatic carbocycles. The Morgan fingerprint density at radius 3 is 2.37 bits per heavy atom. The van der Waals surface area contributed by atoms with Crippen LogP contribution in [0.5, 0.6) is 0 Å². The van der Waals surface area contributed by atoms with Crippen molar-refractivity contribution in [1.82, 2.24) is 4.90 Å². The number of benzene rings is 1. The second kappa shape index (κ2) is 4.97. The first kappa shape index (κ1) is 12.7. The van der Waals surface area contributed by atoms with Crippen molar-refractivity contribution >= 4 is 5.91 Å². The molecule has 2 fully saturated rings. The van der Waals surface area contributed by atoms with Crippen LogP contribution in [0.25, 0.3) is 0 Å². The van der Waals surface area contributed by atoms with E-state index in [1.807, 2.05) is 37.3 Å². The molecule has 0 saturated carbocycles. The predicted octanol–water partition coefficient (Wildman–Crippen LogP) is 2.27. The summed E-state index contributed by atoms with van der Waals surface area (Å²) in [4.78, 5) is 14.9. The highest BCUT2D eigenvalue weighted by atomic mass is 16.2. The number of carbonyl (C=O) groups is 1. The lowest BCUT2D eigenvalue weighted by Gasteiger charge is -2.39. The zero-order valence-electron chi connectivity index (χ0n) is 11.5. The Morgan fingerprint density at radius 2 is 1.79 bits per heavy atom. The van der Waals surface area contributed by atoms with E-state index in [0.29, 0.717) is 12.1 Å². The molecule has 0 aliphatic carbocycles. The molecule has 3 atom stereocenters. The van der Waals surface area contributed by atoms with Crippen molar-refractivity contribution in [3.63, 3.8) is 0 Å². The molecule has 3 rings (SSSR count). The molecule has 0 radical (unpaired) electrons. The van der Waals surface area contributed by atoms with E-state index in [1.54, 1.807) is 0 Å². The number of amides is 1. The van der Waals surface area contributed by atoms with E-state index in [9.17, 15) is 4.79 Å². The number of fused-ring (bicyclic) bond motifs is 2. The molecule has 0 spiro atoms. The van der Waals surface area contributed by atoms with E-state index in [1.165, 1.54) is 0 Å². The molecule has 2 bridgehead atoms. The van der Waals surface area contributed by atoms with E-state index in [2.05, 4.69) is 4.90 Å². The third-order valence-electron chi connectivity index (χ3n) is 4.69. The number of piperidine rings is 1. The fourth-order valence-electron chi connectivity index (χ4n) is 3.69.